The van der Waals surface area contributed by atoms with Crippen LogP contribution >= 0.6 is 15.9 Å². The molecule has 6 nitrogen and oxygen atoms in total. The highest BCUT2D eigenvalue weighted by Gasteiger charge is 2.19. The third-order valence-electron chi connectivity index (χ3n) is 2.37. The van der Waals surface area contributed by atoms with Crippen LogP contribution in [0.15, 0.2) is 22.7 Å². The van der Waals surface area contributed by atoms with Crippen molar-refractivity contribution in [3.63, 3.8) is 0 Å². The van der Waals surface area contributed by atoms with Gasteiger partial charge in [-0.25, -0.2) is 9.18 Å². The topological polar surface area (TPSA) is 78.9 Å². The number of carbonyl (C=O) groups is 2. The molecule has 0 saturated heterocycles. The number of carbonyl (C=O) groups excluding carboxylic acids is 1. The van der Waals surface area contributed by atoms with E-state index < -0.39 is 24.4 Å². The molecule has 0 fully saturated rings. The molecule has 0 radical (unpaired) electrons. The van der Waals surface area contributed by atoms with Crippen LogP contribution in [0.25, 0.3) is 0 Å². The van der Waals surface area contributed by atoms with Crippen LogP contribution in [0.3, 0.4) is 0 Å². The fourth-order valence-corrected chi connectivity index (χ4v) is 1.86. The van der Waals surface area contributed by atoms with Crippen LogP contribution in [0.1, 0.15) is 0 Å². The number of benzene rings is 1. The van der Waals surface area contributed by atoms with Crippen LogP contribution in [-0.2, 0) is 9.53 Å². The number of ether oxygens (including phenoxy) is 1. The Kier molecular flexibility index (Phi) is 6.40. The van der Waals surface area contributed by atoms with Gasteiger partial charge in [-0.05, 0) is 28.1 Å². The summed E-state index contributed by atoms with van der Waals surface area (Å²) in [6.45, 7) is -0.235. The van der Waals surface area contributed by atoms with E-state index in [2.05, 4.69) is 21.2 Å². The molecule has 0 atom stereocenters. The Bertz CT molecular complexity index is 478. The number of methoxy groups -OCH3 is 1. The SMILES string of the molecule is COCCN(CC(=O)O)C(=O)Nc1c(F)cccc1Br. The molecule has 1 aromatic carbocycles. The van der Waals surface area contributed by atoms with Crippen LogP contribution in [0.5, 0.6) is 0 Å². The van der Waals surface area contributed by atoms with Gasteiger partial charge in [0.2, 0.25) is 0 Å². The fraction of sp³-hybridized carbons (Fsp3) is 0.333. The highest BCUT2D eigenvalue weighted by molar-refractivity contribution is 9.10. The zero-order valence-electron chi connectivity index (χ0n) is 10.7. The molecule has 1 rings (SSSR count). The van der Waals surface area contributed by atoms with Crippen LogP contribution < -0.4 is 5.32 Å². The second-order valence-corrected chi connectivity index (χ2v) is 4.69. The van der Waals surface area contributed by atoms with E-state index in [-0.39, 0.29) is 18.8 Å². The lowest BCUT2D eigenvalue weighted by Crippen LogP contribution is -2.40. The third kappa shape index (κ3) is 4.78. The van der Waals surface area contributed by atoms with Crippen molar-refractivity contribution in [1.82, 2.24) is 4.90 Å². The number of carboxylic acid groups (broad SMARTS) is 1. The van der Waals surface area contributed by atoms with Crippen molar-refractivity contribution in [2.24, 2.45) is 0 Å². The number of amides is 2. The molecule has 0 unspecified atom stereocenters. The maximum atomic E-state index is 13.6. The first-order valence-electron chi connectivity index (χ1n) is 5.66. The third-order valence-corrected chi connectivity index (χ3v) is 3.03. The molecule has 110 valence electrons. The Labute approximate surface area is 123 Å². The molecule has 0 bridgehead atoms. The van der Waals surface area contributed by atoms with Crippen molar-refractivity contribution in [3.8, 4) is 0 Å². The largest absolute Gasteiger partial charge is 0.480 e. The molecular weight excluding hydrogens is 335 g/mol. The van der Waals surface area contributed by atoms with Gasteiger partial charge in [0.25, 0.3) is 0 Å². The predicted molar refractivity (Wildman–Crippen MR) is 74.2 cm³/mol. The summed E-state index contributed by atoms with van der Waals surface area (Å²) in [6, 6.07) is 3.52. The average molecular weight is 349 g/mol. The number of aliphatic carboxylic acids is 1. The van der Waals surface area contributed by atoms with E-state index in [0.29, 0.717) is 4.47 Å². The van der Waals surface area contributed by atoms with Crippen molar-refractivity contribution in [2.75, 3.05) is 32.1 Å². The van der Waals surface area contributed by atoms with Gasteiger partial charge in [0.1, 0.15) is 12.4 Å². The number of urea groups is 1. The first kappa shape index (κ1) is 16.4. The maximum absolute atomic E-state index is 13.6. The first-order chi connectivity index (χ1) is 9.45. The number of carboxylic acids is 1. The van der Waals surface area contributed by atoms with Gasteiger partial charge in [-0.3, -0.25) is 4.79 Å². The molecule has 1 aromatic rings. The number of hydrogen-bond acceptors (Lipinski definition) is 3. The van der Waals surface area contributed by atoms with E-state index in [9.17, 15) is 14.0 Å². The summed E-state index contributed by atoms with van der Waals surface area (Å²) in [6.07, 6.45) is 0. The van der Waals surface area contributed by atoms with Gasteiger partial charge in [-0.15, -0.1) is 0 Å². The lowest BCUT2D eigenvalue weighted by atomic mass is 10.3. The number of anilines is 1. The minimum Gasteiger partial charge on any atom is -0.480 e. The van der Waals surface area contributed by atoms with Gasteiger partial charge in [-0.2, -0.15) is 0 Å². The summed E-state index contributed by atoms with van der Waals surface area (Å²) in [5, 5.41) is 11.1. The molecule has 0 heterocycles. The van der Waals surface area contributed by atoms with Crippen molar-refractivity contribution < 1.29 is 23.8 Å². The van der Waals surface area contributed by atoms with Crippen molar-refractivity contribution in [2.45, 2.75) is 0 Å². The number of nitrogens with one attached hydrogen (secondary N) is 1. The van der Waals surface area contributed by atoms with Crippen LogP contribution in [0, 0.1) is 5.82 Å². The number of hydrogen-bond donors (Lipinski definition) is 2. The predicted octanol–water partition coefficient (Wildman–Crippen LogP) is 2.15. The molecule has 0 aliphatic carbocycles. The smallest absolute Gasteiger partial charge is 0.323 e. The maximum Gasteiger partial charge on any atom is 0.323 e. The summed E-state index contributed by atoms with van der Waals surface area (Å²) in [5.74, 6) is -1.78. The van der Waals surface area contributed by atoms with E-state index >= 15 is 0 Å². The van der Waals surface area contributed by atoms with E-state index in [0.717, 1.165) is 4.90 Å². The van der Waals surface area contributed by atoms with Gasteiger partial charge in [0, 0.05) is 18.1 Å². The number of halogens is 2. The van der Waals surface area contributed by atoms with Crippen molar-refractivity contribution in [3.05, 3.63) is 28.5 Å². The van der Waals surface area contributed by atoms with Gasteiger partial charge in [-0.1, -0.05) is 6.07 Å². The Hall–Kier alpha value is -1.67. The summed E-state index contributed by atoms with van der Waals surface area (Å²) >= 11 is 3.11. The Balaban J connectivity index is 2.81. The number of para-hydroxylation sites is 1. The molecule has 2 amide bonds. The van der Waals surface area contributed by atoms with E-state index in [1.165, 1.54) is 19.2 Å². The summed E-state index contributed by atoms with van der Waals surface area (Å²) in [7, 11) is 1.43. The van der Waals surface area contributed by atoms with Gasteiger partial charge in [0.15, 0.2) is 0 Å². The minimum absolute atomic E-state index is 0.0368. The summed E-state index contributed by atoms with van der Waals surface area (Å²) in [4.78, 5) is 23.7. The van der Waals surface area contributed by atoms with Gasteiger partial charge < -0.3 is 20.1 Å². The molecule has 0 aliphatic rings. The molecule has 0 saturated carbocycles. The second-order valence-electron chi connectivity index (χ2n) is 3.83. The molecule has 8 heteroatoms. The number of rotatable bonds is 6. The molecular formula is C12H14BrFN2O4. The normalized spacial score (nSPS) is 10.2. The Morgan fingerprint density at radius 2 is 2.20 bits per heavy atom. The second kappa shape index (κ2) is 7.81. The highest BCUT2D eigenvalue weighted by Crippen LogP contribution is 2.25. The summed E-state index contributed by atoms with van der Waals surface area (Å²) < 4.78 is 18.8. The molecule has 0 aromatic heterocycles. The summed E-state index contributed by atoms with van der Waals surface area (Å²) in [5.41, 5.74) is -0.0368. The van der Waals surface area contributed by atoms with Gasteiger partial charge in [0.05, 0.1) is 12.3 Å². The highest BCUT2D eigenvalue weighted by atomic mass is 79.9. The lowest BCUT2D eigenvalue weighted by molar-refractivity contribution is -0.137. The van der Waals surface area contributed by atoms with Crippen molar-refractivity contribution in [1.29, 1.82) is 0 Å². The van der Waals surface area contributed by atoms with Crippen LogP contribution in [0.4, 0.5) is 14.9 Å². The van der Waals surface area contributed by atoms with E-state index in [4.69, 9.17) is 9.84 Å². The Morgan fingerprint density at radius 1 is 1.50 bits per heavy atom. The quantitative estimate of drug-likeness (QED) is 0.825. The monoisotopic (exact) mass is 348 g/mol. The number of nitrogens with zero attached hydrogens (tertiary/aromatic N) is 1. The molecule has 20 heavy (non-hydrogen) atoms. The minimum atomic E-state index is -1.16. The average Bonchev–Trinajstić information content (AvgIpc) is 2.38. The standard InChI is InChI=1S/C12H14BrFN2O4/c1-20-6-5-16(7-10(17)18)12(19)15-11-8(13)3-2-4-9(11)14/h2-4H,5-7H2,1H3,(H,15,19)(H,17,18). The van der Waals surface area contributed by atoms with E-state index in [1.807, 2.05) is 0 Å². The fourth-order valence-electron chi connectivity index (χ4n) is 1.42. The van der Waals surface area contributed by atoms with Crippen molar-refractivity contribution >= 4 is 33.6 Å². The van der Waals surface area contributed by atoms with E-state index in [1.54, 1.807) is 6.07 Å². The zero-order chi connectivity index (χ0) is 15.1. The lowest BCUT2D eigenvalue weighted by Gasteiger charge is -2.21. The van der Waals surface area contributed by atoms with Crippen LogP contribution in [-0.4, -0.2) is 48.8 Å². The van der Waals surface area contributed by atoms with Gasteiger partial charge >= 0.3 is 12.0 Å². The Morgan fingerprint density at radius 3 is 2.75 bits per heavy atom. The molecule has 0 spiro atoms. The molecule has 2 N–H and O–H groups in total. The zero-order valence-corrected chi connectivity index (χ0v) is 12.3. The first-order valence-corrected chi connectivity index (χ1v) is 6.45. The molecule has 0 aliphatic heterocycles. The van der Waals surface area contributed by atoms with Crippen LogP contribution in [0.2, 0.25) is 0 Å².